The summed E-state index contributed by atoms with van der Waals surface area (Å²) in [7, 11) is 0. The molecule has 0 amide bonds. The van der Waals surface area contributed by atoms with E-state index in [4.69, 9.17) is 9.47 Å². The molecular formula is C11H18O4. The second-order valence-electron chi connectivity index (χ2n) is 4.68. The molecule has 2 aliphatic rings. The molecule has 0 radical (unpaired) electrons. The van der Waals surface area contributed by atoms with Crippen molar-refractivity contribution in [2.45, 2.75) is 25.7 Å². The lowest BCUT2D eigenvalue weighted by Crippen LogP contribution is -2.41. The van der Waals surface area contributed by atoms with E-state index >= 15 is 0 Å². The van der Waals surface area contributed by atoms with Crippen LogP contribution in [0, 0.1) is 11.3 Å². The molecule has 0 bridgehead atoms. The molecule has 86 valence electrons. The maximum absolute atomic E-state index is 11.3. The van der Waals surface area contributed by atoms with Crippen LogP contribution < -0.4 is 0 Å². The minimum Gasteiger partial charge on any atom is -0.481 e. The molecule has 0 spiro atoms. The minimum atomic E-state index is -0.700. The zero-order valence-electron chi connectivity index (χ0n) is 8.91. The third-order valence-corrected chi connectivity index (χ3v) is 3.48. The van der Waals surface area contributed by atoms with Gasteiger partial charge in [0, 0.05) is 19.8 Å². The summed E-state index contributed by atoms with van der Waals surface area (Å²) in [5.41, 5.74) is -0.642. The maximum atomic E-state index is 11.3. The molecule has 0 aromatic carbocycles. The summed E-state index contributed by atoms with van der Waals surface area (Å²) in [5, 5.41) is 9.33. The maximum Gasteiger partial charge on any atom is 0.311 e. The Labute approximate surface area is 89.6 Å². The smallest absolute Gasteiger partial charge is 0.311 e. The summed E-state index contributed by atoms with van der Waals surface area (Å²) in [6.45, 7) is 2.57. The van der Waals surface area contributed by atoms with Crippen LogP contribution in [0.15, 0.2) is 0 Å². The molecule has 4 heteroatoms. The highest BCUT2D eigenvalue weighted by Gasteiger charge is 2.42. The lowest BCUT2D eigenvalue weighted by atomic mass is 9.75. The Morgan fingerprint density at radius 3 is 2.80 bits per heavy atom. The molecule has 2 atom stereocenters. The van der Waals surface area contributed by atoms with Crippen molar-refractivity contribution in [3.8, 4) is 0 Å². The van der Waals surface area contributed by atoms with Crippen molar-refractivity contribution in [1.82, 2.24) is 0 Å². The van der Waals surface area contributed by atoms with Crippen molar-refractivity contribution in [2.24, 2.45) is 11.3 Å². The van der Waals surface area contributed by atoms with Crippen LogP contribution in [0.5, 0.6) is 0 Å². The van der Waals surface area contributed by atoms with Gasteiger partial charge in [-0.2, -0.15) is 0 Å². The number of aliphatic carboxylic acids is 1. The number of rotatable bonds is 3. The third-order valence-electron chi connectivity index (χ3n) is 3.48. The summed E-state index contributed by atoms with van der Waals surface area (Å²) in [4.78, 5) is 11.3. The quantitative estimate of drug-likeness (QED) is 0.769. The second kappa shape index (κ2) is 4.49. The van der Waals surface area contributed by atoms with Gasteiger partial charge in [-0.3, -0.25) is 4.79 Å². The van der Waals surface area contributed by atoms with Crippen LogP contribution in [0.25, 0.3) is 0 Å². The zero-order valence-corrected chi connectivity index (χ0v) is 8.91. The molecule has 0 saturated carbocycles. The highest BCUT2D eigenvalue weighted by molar-refractivity contribution is 5.75. The Bertz CT molecular complexity index is 227. The average molecular weight is 214 g/mol. The third kappa shape index (κ3) is 2.32. The molecule has 15 heavy (non-hydrogen) atoms. The average Bonchev–Trinajstić information content (AvgIpc) is 2.71. The summed E-state index contributed by atoms with van der Waals surface area (Å²) in [6.07, 6.45) is 3.32. The van der Waals surface area contributed by atoms with Crippen LogP contribution in [0.3, 0.4) is 0 Å². The fourth-order valence-corrected chi connectivity index (χ4v) is 2.57. The first-order chi connectivity index (χ1) is 7.23. The largest absolute Gasteiger partial charge is 0.481 e. The van der Waals surface area contributed by atoms with Crippen LogP contribution in [0.1, 0.15) is 25.7 Å². The Kier molecular flexibility index (Phi) is 3.26. The number of hydrogen-bond donors (Lipinski definition) is 1. The number of carboxylic acids is 1. The van der Waals surface area contributed by atoms with E-state index in [2.05, 4.69) is 0 Å². The first kappa shape index (κ1) is 10.9. The van der Waals surface area contributed by atoms with Crippen molar-refractivity contribution in [3.63, 3.8) is 0 Å². The van der Waals surface area contributed by atoms with Crippen LogP contribution in [0.2, 0.25) is 0 Å². The van der Waals surface area contributed by atoms with E-state index in [0.29, 0.717) is 25.6 Å². The standard InChI is InChI=1S/C11H18O4/c12-10(13)11(3-1-4-15-8-11)6-9-2-5-14-7-9/h9H,1-8H2,(H,12,13). The van der Waals surface area contributed by atoms with Crippen molar-refractivity contribution in [2.75, 3.05) is 26.4 Å². The van der Waals surface area contributed by atoms with Gasteiger partial charge in [-0.05, 0) is 31.6 Å². The Morgan fingerprint density at radius 2 is 2.27 bits per heavy atom. The predicted molar refractivity (Wildman–Crippen MR) is 53.7 cm³/mol. The molecule has 2 heterocycles. The van der Waals surface area contributed by atoms with Gasteiger partial charge in [-0.1, -0.05) is 0 Å². The SMILES string of the molecule is O=C(O)C1(CC2CCOC2)CCCOC1. The normalized spacial score (nSPS) is 36.7. The predicted octanol–water partition coefficient (Wildman–Crippen LogP) is 1.29. The van der Waals surface area contributed by atoms with Crippen molar-refractivity contribution in [3.05, 3.63) is 0 Å². The van der Waals surface area contributed by atoms with E-state index in [1.807, 2.05) is 0 Å². The number of carboxylic acid groups (broad SMARTS) is 1. The van der Waals surface area contributed by atoms with E-state index < -0.39 is 11.4 Å². The highest BCUT2D eigenvalue weighted by atomic mass is 16.5. The molecule has 2 saturated heterocycles. The topological polar surface area (TPSA) is 55.8 Å². The van der Waals surface area contributed by atoms with Crippen molar-refractivity contribution in [1.29, 1.82) is 0 Å². The lowest BCUT2D eigenvalue weighted by Gasteiger charge is -2.34. The molecule has 0 aliphatic carbocycles. The zero-order chi connectivity index (χ0) is 10.7. The molecule has 1 N–H and O–H groups in total. The van der Waals surface area contributed by atoms with E-state index in [9.17, 15) is 9.90 Å². The molecule has 2 fully saturated rings. The fourth-order valence-electron chi connectivity index (χ4n) is 2.57. The van der Waals surface area contributed by atoms with Gasteiger partial charge in [0.25, 0.3) is 0 Å². The van der Waals surface area contributed by atoms with Gasteiger partial charge in [0.2, 0.25) is 0 Å². The van der Waals surface area contributed by atoms with Gasteiger partial charge >= 0.3 is 5.97 Å². The van der Waals surface area contributed by atoms with Gasteiger partial charge in [0.05, 0.1) is 12.0 Å². The summed E-state index contributed by atoms with van der Waals surface area (Å²) in [6, 6.07) is 0. The molecular weight excluding hydrogens is 196 g/mol. The van der Waals surface area contributed by atoms with E-state index in [1.165, 1.54) is 0 Å². The van der Waals surface area contributed by atoms with Gasteiger partial charge in [0.15, 0.2) is 0 Å². The summed E-state index contributed by atoms with van der Waals surface area (Å²) >= 11 is 0. The van der Waals surface area contributed by atoms with Crippen LogP contribution in [0.4, 0.5) is 0 Å². The number of carbonyl (C=O) groups is 1. The number of ether oxygens (including phenoxy) is 2. The lowest BCUT2D eigenvalue weighted by molar-refractivity contribution is -0.159. The van der Waals surface area contributed by atoms with Crippen molar-refractivity contribution >= 4 is 5.97 Å². The van der Waals surface area contributed by atoms with Gasteiger partial charge < -0.3 is 14.6 Å². The minimum absolute atomic E-state index is 0.374. The molecule has 2 rings (SSSR count). The molecule has 4 nitrogen and oxygen atoms in total. The molecule has 0 aromatic heterocycles. The van der Waals surface area contributed by atoms with Crippen molar-refractivity contribution < 1.29 is 19.4 Å². The Balaban J connectivity index is 2.00. The molecule has 2 unspecified atom stereocenters. The van der Waals surface area contributed by atoms with Crippen LogP contribution in [-0.2, 0) is 14.3 Å². The first-order valence-corrected chi connectivity index (χ1v) is 5.62. The number of hydrogen-bond acceptors (Lipinski definition) is 3. The fraction of sp³-hybridized carbons (Fsp3) is 0.909. The highest BCUT2D eigenvalue weighted by Crippen LogP contribution is 2.37. The van der Waals surface area contributed by atoms with E-state index in [0.717, 1.165) is 32.5 Å². The Morgan fingerprint density at radius 1 is 1.40 bits per heavy atom. The molecule has 2 aliphatic heterocycles. The monoisotopic (exact) mass is 214 g/mol. The second-order valence-corrected chi connectivity index (χ2v) is 4.68. The Hall–Kier alpha value is -0.610. The van der Waals surface area contributed by atoms with Gasteiger partial charge in [0.1, 0.15) is 0 Å². The van der Waals surface area contributed by atoms with Crippen LogP contribution >= 0.6 is 0 Å². The van der Waals surface area contributed by atoms with Crippen LogP contribution in [-0.4, -0.2) is 37.5 Å². The summed E-state index contributed by atoms with van der Waals surface area (Å²) in [5.74, 6) is -0.295. The summed E-state index contributed by atoms with van der Waals surface area (Å²) < 4.78 is 10.6. The van der Waals surface area contributed by atoms with Gasteiger partial charge in [-0.15, -0.1) is 0 Å². The first-order valence-electron chi connectivity index (χ1n) is 5.62. The van der Waals surface area contributed by atoms with E-state index in [1.54, 1.807) is 0 Å². The van der Waals surface area contributed by atoms with Gasteiger partial charge in [-0.25, -0.2) is 0 Å². The van der Waals surface area contributed by atoms with E-state index in [-0.39, 0.29) is 0 Å². The molecule has 0 aromatic rings.